The Labute approximate surface area is 105 Å². The summed E-state index contributed by atoms with van der Waals surface area (Å²) in [6, 6.07) is 6.38. The minimum Gasteiger partial charge on any atom is -0.493 e. The number of ether oxygens (including phenoxy) is 1. The molecular formula is C13H19NO2S. The second-order valence-electron chi connectivity index (χ2n) is 4.35. The molecule has 1 atom stereocenters. The fourth-order valence-electron chi connectivity index (χ4n) is 1.98. The molecule has 1 heterocycles. The van der Waals surface area contributed by atoms with Gasteiger partial charge in [-0.15, -0.1) is 0 Å². The van der Waals surface area contributed by atoms with E-state index >= 15 is 0 Å². The van der Waals surface area contributed by atoms with Gasteiger partial charge in [0.05, 0.1) is 6.61 Å². The third-order valence-corrected chi connectivity index (χ3v) is 3.73. The highest BCUT2D eigenvalue weighted by atomic mass is 32.2. The van der Waals surface area contributed by atoms with E-state index in [0.29, 0.717) is 0 Å². The Hall–Kier alpha value is -0.870. The van der Waals surface area contributed by atoms with Gasteiger partial charge in [0.15, 0.2) is 0 Å². The lowest BCUT2D eigenvalue weighted by atomic mass is 10.1. The van der Waals surface area contributed by atoms with Gasteiger partial charge >= 0.3 is 0 Å². The molecule has 1 aromatic carbocycles. The third-order valence-electron chi connectivity index (χ3n) is 2.87. The fraction of sp³-hybridized carbons (Fsp3) is 0.538. The molecule has 1 aromatic rings. The summed E-state index contributed by atoms with van der Waals surface area (Å²) in [7, 11) is -0.670. The molecular weight excluding hydrogens is 234 g/mol. The summed E-state index contributed by atoms with van der Waals surface area (Å²) in [5.74, 6) is 1.82. The molecule has 0 saturated heterocycles. The lowest BCUT2D eigenvalue weighted by molar-refractivity contribution is 0.357. The quantitative estimate of drug-likeness (QED) is 0.780. The predicted octanol–water partition coefficient (Wildman–Crippen LogP) is 1.48. The van der Waals surface area contributed by atoms with Gasteiger partial charge in [-0.25, -0.2) is 0 Å². The molecule has 94 valence electrons. The Morgan fingerprint density at radius 1 is 1.47 bits per heavy atom. The molecule has 0 bridgehead atoms. The molecule has 0 fully saturated rings. The summed E-state index contributed by atoms with van der Waals surface area (Å²) in [5, 5.41) is 3.37. The van der Waals surface area contributed by atoms with Gasteiger partial charge < -0.3 is 10.1 Å². The highest BCUT2D eigenvalue weighted by molar-refractivity contribution is 7.84. The van der Waals surface area contributed by atoms with E-state index < -0.39 is 10.8 Å². The fourth-order valence-corrected chi connectivity index (χ4v) is 2.53. The van der Waals surface area contributed by atoms with E-state index in [9.17, 15) is 4.21 Å². The van der Waals surface area contributed by atoms with Crippen molar-refractivity contribution < 1.29 is 8.95 Å². The van der Waals surface area contributed by atoms with Crippen LogP contribution in [0.25, 0.3) is 0 Å². The molecule has 0 aromatic heterocycles. The minimum absolute atomic E-state index is 0.670. The summed E-state index contributed by atoms with van der Waals surface area (Å²) in [5.41, 5.74) is 2.62. The van der Waals surface area contributed by atoms with E-state index in [0.717, 1.165) is 44.0 Å². The van der Waals surface area contributed by atoms with E-state index in [4.69, 9.17) is 4.74 Å². The van der Waals surface area contributed by atoms with Crippen molar-refractivity contribution in [2.75, 3.05) is 25.2 Å². The Bertz CT molecular complexity index is 406. The zero-order valence-electron chi connectivity index (χ0n) is 10.2. The van der Waals surface area contributed by atoms with Crippen LogP contribution in [0.3, 0.4) is 0 Å². The molecule has 0 aliphatic carbocycles. The number of nitrogens with one attached hydrogen (secondary N) is 1. The van der Waals surface area contributed by atoms with Crippen molar-refractivity contribution in [2.24, 2.45) is 0 Å². The van der Waals surface area contributed by atoms with Crippen LogP contribution in [-0.4, -0.2) is 29.4 Å². The highest BCUT2D eigenvalue weighted by Gasteiger charge is 2.11. The Morgan fingerprint density at radius 3 is 3.18 bits per heavy atom. The van der Waals surface area contributed by atoms with E-state index in [1.54, 1.807) is 6.26 Å². The summed E-state index contributed by atoms with van der Waals surface area (Å²) >= 11 is 0. The van der Waals surface area contributed by atoms with Crippen LogP contribution in [0.15, 0.2) is 18.2 Å². The summed E-state index contributed by atoms with van der Waals surface area (Å²) in [6.07, 6.45) is 3.75. The van der Waals surface area contributed by atoms with Crippen LogP contribution < -0.4 is 10.1 Å². The predicted molar refractivity (Wildman–Crippen MR) is 70.9 cm³/mol. The van der Waals surface area contributed by atoms with Crippen LogP contribution in [0.1, 0.15) is 17.5 Å². The second kappa shape index (κ2) is 6.17. The average molecular weight is 253 g/mol. The molecule has 0 spiro atoms. The molecule has 1 unspecified atom stereocenters. The SMILES string of the molecule is CS(=O)CCCNCc1ccc2c(c1)CCO2. The topological polar surface area (TPSA) is 38.3 Å². The first-order valence-electron chi connectivity index (χ1n) is 6.01. The molecule has 1 N–H and O–H groups in total. The van der Waals surface area contributed by atoms with E-state index in [2.05, 4.69) is 23.5 Å². The Morgan fingerprint density at radius 2 is 2.35 bits per heavy atom. The van der Waals surface area contributed by atoms with Crippen LogP contribution in [0, 0.1) is 0 Å². The standard InChI is InChI=1S/C13H19NO2S/c1-17(15)8-2-6-14-10-11-3-4-13-12(9-11)5-7-16-13/h3-4,9,14H,2,5-8,10H2,1H3. The maximum Gasteiger partial charge on any atom is 0.122 e. The largest absolute Gasteiger partial charge is 0.493 e. The first kappa shape index (κ1) is 12.6. The first-order chi connectivity index (χ1) is 8.25. The summed E-state index contributed by atoms with van der Waals surface area (Å²) < 4.78 is 16.3. The van der Waals surface area contributed by atoms with Crippen molar-refractivity contribution in [3.05, 3.63) is 29.3 Å². The number of rotatable bonds is 6. The van der Waals surface area contributed by atoms with Crippen molar-refractivity contribution in [1.82, 2.24) is 5.32 Å². The molecule has 1 aliphatic rings. The van der Waals surface area contributed by atoms with Gasteiger partial charge in [-0.1, -0.05) is 12.1 Å². The van der Waals surface area contributed by atoms with Gasteiger partial charge in [0.1, 0.15) is 5.75 Å². The van der Waals surface area contributed by atoms with Gasteiger partial charge in [0, 0.05) is 35.8 Å². The maximum absolute atomic E-state index is 10.9. The van der Waals surface area contributed by atoms with Crippen molar-refractivity contribution in [2.45, 2.75) is 19.4 Å². The van der Waals surface area contributed by atoms with E-state index in [1.807, 2.05) is 0 Å². The lowest BCUT2D eigenvalue weighted by Crippen LogP contribution is -2.16. The molecule has 4 heteroatoms. The van der Waals surface area contributed by atoms with Crippen molar-refractivity contribution in [3.8, 4) is 5.75 Å². The number of fused-ring (bicyclic) bond motifs is 1. The molecule has 0 amide bonds. The molecule has 2 rings (SSSR count). The summed E-state index contributed by atoms with van der Waals surface area (Å²) in [6.45, 7) is 2.62. The number of hydrogen-bond acceptors (Lipinski definition) is 3. The molecule has 17 heavy (non-hydrogen) atoms. The Balaban J connectivity index is 1.74. The van der Waals surface area contributed by atoms with Crippen LogP contribution >= 0.6 is 0 Å². The minimum atomic E-state index is -0.670. The van der Waals surface area contributed by atoms with Gasteiger partial charge in [-0.3, -0.25) is 4.21 Å². The molecule has 0 radical (unpaired) electrons. The summed E-state index contributed by atoms with van der Waals surface area (Å²) in [4.78, 5) is 0. The van der Waals surface area contributed by atoms with Gasteiger partial charge in [0.2, 0.25) is 0 Å². The van der Waals surface area contributed by atoms with Crippen LogP contribution in [0.2, 0.25) is 0 Å². The molecule has 3 nitrogen and oxygen atoms in total. The van der Waals surface area contributed by atoms with Crippen molar-refractivity contribution in [1.29, 1.82) is 0 Å². The number of benzene rings is 1. The van der Waals surface area contributed by atoms with Gasteiger partial charge in [-0.2, -0.15) is 0 Å². The van der Waals surface area contributed by atoms with Gasteiger partial charge in [-0.05, 0) is 30.2 Å². The van der Waals surface area contributed by atoms with Crippen molar-refractivity contribution >= 4 is 10.8 Å². The first-order valence-corrected chi connectivity index (χ1v) is 7.74. The van der Waals surface area contributed by atoms with Gasteiger partial charge in [0.25, 0.3) is 0 Å². The molecule has 1 aliphatic heterocycles. The number of hydrogen-bond donors (Lipinski definition) is 1. The highest BCUT2D eigenvalue weighted by Crippen LogP contribution is 2.25. The molecule has 0 saturated carbocycles. The van der Waals surface area contributed by atoms with Crippen molar-refractivity contribution in [3.63, 3.8) is 0 Å². The average Bonchev–Trinajstić information content (AvgIpc) is 2.75. The van der Waals surface area contributed by atoms with Crippen LogP contribution in [-0.2, 0) is 23.8 Å². The second-order valence-corrected chi connectivity index (χ2v) is 5.90. The zero-order chi connectivity index (χ0) is 12.1. The normalized spacial score (nSPS) is 15.4. The zero-order valence-corrected chi connectivity index (χ0v) is 11.0. The van der Waals surface area contributed by atoms with E-state index in [-0.39, 0.29) is 0 Å². The smallest absolute Gasteiger partial charge is 0.122 e. The maximum atomic E-state index is 10.9. The van der Waals surface area contributed by atoms with E-state index in [1.165, 1.54) is 11.1 Å². The Kier molecular flexibility index (Phi) is 4.57. The van der Waals surface area contributed by atoms with Crippen LogP contribution in [0.4, 0.5) is 0 Å². The third kappa shape index (κ3) is 3.82. The van der Waals surface area contributed by atoms with Crippen LogP contribution in [0.5, 0.6) is 5.75 Å². The monoisotopic (exact) mass is 253 g/mol. The lowest BCUT2D eigenvalue weighted by Gasteiger charge is -2.06.